The first kappa shape index (κ1) is 17.2. The first-order valence-electron chi connectivity index (χ1n) is 8.90. The zero-order valence-electron chi connectivity index (χ0n) is 14.3. The van der Waals surface area contributed by atoms with E-state index >= 15 is 0 Å². The molecule has 5 nitrogen and oxygen atoms in total. The first-order chi connectivity index (χ1) is 10.7. The molecule has 4 fully saturated rings. The van der Waals surface area contributed by atoms with Gasteiger partial charge in [-0.1, -0.05) is 0 Å². The second kappa shape index (κ2) is 6.03. The molecular formula is C17H30N2O3S. The lowest BCUT2D eigenvalue weighted by Gasteiger charge is -2.59. The Labute approximate surface area is 139 Å². The van der Waals surface area contributed by atoms with Crippen molar-refractivity contribution >= 4 is 15.7 Å². The van der Waals surface area contributed by atoms with Gasteiger partial charge in [-0.3, -0.25) is 4.79 Å². The molecule has 3 N–H and O–H groups in total. The van der Waals surface area contributed by atoms with E-state index in [9.17, 15) is 13.2 Å². The number of amides is 1. The summed E-state index contributed by atoms with van der Waals surface area (Å²) in [6.45, 7) is 2.12. The summed E-state index contributed by atoms with van der Waals surface area (Å²) in [5, 5.41) is 3.11. The van der Waals surface area contributed by atoms with Crippen LogP contribution in [0.1, 0.15) is 51.9 Å². The Morgan fingerprint density at radius 1 is 1.17 bits per heavy atom. The molecule has 0 spiro atoms. The molecule has 0 aromatic heterocycles. The minimum Gasteiger partial charge on any atom is -0.352 e. The predicted octanol–water partition coefficient (Wildman–Crippen LogP) is 1.47. The fourth-order valence-corrected chi connectivity index (χ4v) is 6.34. The van der Waals surface area contributed by atoms with E-state index in [1.54, 1.807) is 0 Å². The molecule has 6 heteroatoms. The summed E-state index contributed by atoms with van der Waals surface area (Å²) in [6, 6.07) is -0.603. The maximum Gasteiger partial charge on any atom is 0.237 e. The highest BCUT2D eigenvalue weighted by atomic mass is 32.2. The molecule has 0 aliphatic heterocycles. The summed E-state index contributed by atoms with van der Waals surface area (Å²) in [7, 11) is -3.08. The van der Waals surface area contributed by atoms with E-state index in [-0.39, 0.29) is 29.5 Å². The van der Waals surface area contributed by atoms with Gasteiger partial charge in [0.15, 0.2) is 0 Å². The second-order valence-corrected chi connectivity index (χ2v) is 10.8. The van der Waals surface area contributed by atoms with Gasteiger partial charge in [0, 0.05) is 12.3 Å². The largest absolute Gasteiger partial charge is 0.352 e. The lowest BCUT2D eigenvalue weighted by atomic mass is 9.48. The SMILES string of the molecule is CC(NC(=O)C(N)CCS(C)(=O)=O)C12CC3CC(CC(C3)C1)C2. The van der Waals surface area contributed by atoms with Crippen molar-refractivity contribution in [2.24, 2.45) is 28.9 Å². The van der Waals surface area contributed by atoms with Gasteiger partial charge in [0.25, 0.3) is 0 Å². The molecule has 2 atom stereocenters. The molecule has 132 valence electrons. The molecule has 4 aliphatic rings. The van der Waals surface area contributed by atoms with E-state index in [1.165, 1.54) is 44.8 Å². The van der Waals surface area contributed by atoms with Crippen LogP contribution in [0.25, 0.3) is 0 Å². The minimum absolute atomic E-state index is 0.0344. The molecule has 2 unspecified atom stereocenters. The van der Waals surface area contributed by atoms with E-state index in [1.807, 2.05) is 0 Å². The van der Waals surface area contributed by atoms with Crippen LogP contribution in [0.2, 0.25) is 0 Å². The predicted molar refractivity (Wildman–Crippen MR) is 90.5 cm³/mol. The number of carbonyl (C=O) groups is 1. The molecule has 23 heavy (non-hydrogen) atoms. The number of carbonyl (C=O) groups excluding carboxylic acids is 1. The molecule has 1 amide bonds. The number of nitrogens with one attached hydrogen (secondary N) is 1. The van der Waals surface area contributed by atoms with Crippen LogP contribution in [-0.4, -0.2) is 38.4 Å². The molecule has 4 bridgehead atoms. The standard InChI is InChI=1S/C17H30N2O3S/c1-11(19-16(20)15(18)3-4-23(2,21)22)17-8-12-5-13(9-17)7-14(6-12)10-17/h11-15H,3-10,18H2,1-2H3,(H,19,20). The fourth-order valence-electron chi connectivity index (χ4n) is 5.65. The van der Waals surface area contributed by atoms with Crippen LogP contribution in [0, 0.1) is 23.2 Å². The zero-order valence-corrected chi connectivity index (χ0v) is 15.1. The molecule has 0 aromatic rings. The summed E-state index contributed by atoms with van der Waals surface area (Å²) >= 11 is 0. The van der Waals surface area contributed by atoms with Crippen molar-refractivity contribution in [3.63, 3.8) is 0 Å². The van der Waals surface area contributed by atoms with Crippen molar-refractivity contribution in [2.75, 3.05) is 12.0 Å². The van der Waals surface area contributed by atoms with Gasteiger partial charge in [-0.05, 0) is 75.0 Å². The average Bonchev–Trinajstić information content (AvgIpc) is 2.42. The molecular weight excluding hydrogens is 312 g/mol. The lowest BCUT2D eigenvalue weighted by Crippen LogP contribution is -2.57. The van der Waals surface area contributed by atoms with Crippen molar-refractivity contribution in [1.29, 1.82) is 0 Å². The molecule has 4 aliphatic carbocycles. The van der Waals surface area contributed by atoms with E-state index < -0.39 is 15.9 Å². The van der Waals surface area contributed by atoms with E-state index in [0.717, 1.165) is 17.8 Å². The molecule has 0 heterocycles. The molecule has 0 saturated heterocycles. The summed E-state index contributed by atoms with van der Waals surface area (Å²) < 4.78 is 22.4. The van der Waals surface area contributed by atoms with Crippen LogP contribution >= 0.6 is 0 Å². The number of hydrogen-bond donors (Lipinski definition) is 2. The van der Waals surface area contributed by atoms with Crippen LogP contribution < -0.4 is 11.1 Å². The van der Waals surface area contributed by atoms with Crippen molar-refractivity contribution < 1.29 is 13.2 Å². The fraction of sp³-hybridized carbons (Fsp3) is 0.941. The lowest BCUT2D eigenvalue weighted by molar-refractivity contribution is -0.127. The van der Waals surface area contributed by atoms with Crippen LogP contribution in [0.4, 0.5) is 0 Å². The Morgan fingerprint density at radius 3 is 2.09 bits per heavy atom. The highest BCUT2D eigenvalue weighted by molar-refractivity contribution is 7.90. The van der Waals surface area contributed by atoms with Crippen molar-refractivity contribution in [1.82, 2.24) is 5.32 Å². The van der Waals surface area contributed by atoms with Gasteiger partial charge in [-0.15, -0.1) is 0 Å². The van der Waals surface area contributed by atoms with Crippen molar-refractivity contribution in [3.8, 4) is 0 Å². The Balaban J connectivity index is 1.58. The van der Waals surface area contributed by atoms with Gasteiger partial charge in [0.1, 0.15) is 9.84 Å². The van der Waals surface area contributed by atoms with E-state index in [4.69, 9.17) is 5.73 Å². The third-order valence-corrected chi connectivity index (χ3v) is 7.48. The zero-order chi connectivity index (χ0) is 16.8. The summed E-state index contributed by atoms with van der Waals surface area (Å²) in [5.74, 6) is 2.31. The topological polar surface area (TPSA) is 89.3 Å². The van der Waals surface area contributed by atoms with Crippen LogP contribution in [0.3, 0.4) is 0 Å². The van der Waals surface area contributed by atoms with Crippen LogP contribution in [-0.2, 0) is 14.6 Å². The number of sulfone groups is 1. The molecule has 4 saturated carbocycles. The second-order valence-electron chi connectivity index (χ2n) is 8.54. The third-order valence-electron chi connectivity index (χ3n) is 6.50. The smallest absolute Gasteiger partial charge is 0.237 e. The van der Waals surface area contributed by atoms with Crippen LogP contribution in [0.5, 0.6) is 0 Å². The summed E-state index contributed by atoms with van der Waals surface area (Å²) in [6.07, 6.45) is 9.22. The minimum atomic E-state index is -3.08. The van der Waals surface area contributed by atoms with Gasteiger partial charge in [0.05, 0.1) is 11.8 Å². The first-order valence-corrected chi connectivity index (χ1v) is 11.0. The van der Waals surface area contributed by atoms with Gasteiger partial charge < -0.3 is 11.1 Å². The van der Waals surface area contributed by atoms with Crippen LogP contribution in [0.15, 0.2) is 0 Å². The van der Waals surface area contributed by atoms with Crippen molar-refractivity contribution in [3.05, 3.63) is 0 Å². The van der Waals surface area contributed by atoms with Crippen molar-refractivity contribution in [2.45, 2.75) is 64.0 Å². The normalized spacial score (nSPS) is 38.3. The number of hydrogen-bond acceptors (Lipinski definition) is 4. The van der Waals surface area contributed by atoms with Gasteiger partial charge in [-0.25, -0.2) is 8.42 Å². The van der Waals surface area contributed by atoms with Gasteiger partial charge >= 0.3 is 0 Å². The van der Waals surface area contributed by atoms with E-state index in [0.29, 0.717) is 0 Å². The Morgan fingerprint density at radius 2 is 1.65 bits per heavy atom. The monoisotopic (exact) mass is 342 g/mol. The number of rotatable bonds is 6. The highest BCUT2D eigenvalue weighted by Gasteiger charge is 2.53. The molecule has 4 rings (SSSR count). The average molecular weight is 343 g/mol. The maximum atomic E-state index is 12.3. The summed E-state index contributed by atoms with van der Waals surface area (Å²) in [4.78, 5) is 12.3. The molecule has 0 radical (unpaired) electrons. The van der Waals surface area contributed by atoms with Gasteiger partial charge in [-0.2, -0.15) is 0 Å². The quantitative estimate of drug-likeness (QED) is 0.765. The summed E-state index contributed by atoms with van der Waals surface area (Å²) in [5.41, 5.74) is 6.14. The highest BCUT2D eigenvalue weighted by Crippen LogP contribution is 2.61. The maximum absolute atomic E-state index is 12.3. The van der Waals surface area contributed by atoms with Gasteiger partial charge in [0.2, 0.25) is 5.91 Å². The Bertz CT molecular complexity index is 537. The van der Waals surface area contributed by atoms with E-state index in [2.05, 4.69) is 12.2 Å². The number of nitrogens with two attached hydrogens (primary N) is 1. The Hall–Kier alpha value is -0.620. The third kappa shape index (κ3) is 3.73. The Kier molecular flexibility index (Phi) is 4.51. The molecule has 0 aromatic carbocycles.